The molecule has 1 atom stereocenters. The quantitative estimate of drug-likeness (QED) is 0.554. The standard InChI is InChI=1S/C15H22N4O4S2.ClH/c1-11(17-2)9-14-18-15(23-19-14)10-24-8-7-22-12-3-5-13(6-4-12)25(16,20)21;/h3-6,11,17H,7-10H2,1-2H3,(H2,16,20,21);1H. The highest BCUT2D eigenvalue weighted by atomic mass is 35.5. The molecule has 0 fully saturated rings. The number of primary sulfonamides is 1. The van der Waals surface area contributed by atoms with Gasteiger partial charge in [-0.1, -0.05) is 5.16 Å². The summed E-state index contributed by atoms with van der Waals surface area (Å²) < 4.78 is 33.1. The molecule has 0 spiro atoms. The number of benzene rings is 1. The van der Waals surface area contributed by atoms with Crippen LogP contribution in [0, 0.1) is 0 Å². The van der Waals surface area contributed by atoms with Crippen LogP contribution in [0.3, 0.4) is 0 Å². The number of nitrogens with one attached hydrogen (secondary N) is 1. The lowest BCUT2D eigenvalue weighted by atomic mass is 10.2. The topological polar surface area (TPSA) is 120 Å². The summed E-state index contributed by atoms with van der Waals surface area (Å²) in [4.78, 5) is 4.40. The van der Waals surface area contributed by atoms with Crippen LogP contribution in [0.2, 0.25) is 0 Å². The van der Waals surface area contributed by atoms with Gasteiger partial charge >= 0.3 is 0 Å². The van der Waals surface area contributed by atoms with Gasteiger partial charge in [-0.05, 0) is 38.2 Å². The van der Waals surface area contributed by atoms with Crippen LogP contribution >= 0.6 is 24.2 Å². The molecule has 8 nitrogen and oxygen atoms in total. The molecule has 11 heteroatoms. The molecule has 0 bridgehead atoms. The SMILES string of the molecule is CNC(C)Cc1noc(CSCCOc2ccc(S(N)(=O)=O)cc2)n1.Cl. The van der Waals surface area contributed by atoms with Crippen LogP contribution in [0.25, 0.3) is 0 Å². The Kier molecular flexibility index (Phi) is 9.37. The van der Waals surface area contributed by atoms with E-state index < -0.39 is 10.0 Å². The van der Waals surface area contributed by atoms with Crippen molar-refractivity contribution in [3.63, 3.8) is 0 Å². The van der Waals surface area contributed by atoms with Crippen LogP contribution < -0.4 is 15.2 Å². The fourth-order valence-electron chi connectivity index (χ4n) is 1.91. The second kappa shape index (κ2) is 10.7. The minimum absolute atomic E-state index is 0. The first-order valence-corrected chi connectivity index (χ1v) is 10.4. The number of aromatic nitrogens is 2. The van der Waals surface area contributed by atoms with Crippen molar-refractivity contribution in [2.75, 3.05) is 19.4 Å². The Balaban J connectivity index is 0.00000338. The normalized spacial score (nSPS) is 12.4. The maximum Gasteiger partial charge on any atom is 0.238 e. The van der Waals surface area contributed by atoms with Gasteiger partial charge in [0.05, 0.1) is 17.3 Å². The Morgan fingerprint density at radius 2 is 2.04 bits per heavy atom. The smallest absolute Gasteiger partial charge is 0.238 e. The van der Waals surface area contributed by atoms with Crippen LogP contribution in [0.5, 0.6) is 5.75 Å². The van der Waals surface area contributed by atoms with Crippen molar-refractivity contribution in [3.05, 3.63) is 36.0 Å². The van der Waals surface area contributed by atoms with Crippen LogP contribution in [0.1, 0.15) is 18.6 Å². The summed E-state index contributed by atoms with van der Waals surface area (Å²) in [7, 11) is -1.78. The highest BCUT2D eigenvalue weighted by molar-refractivity contribution is 7.98. The van der Waals surface area contributed by atoms with Crippen molar-refractivity contribution in [1.82, 2.24) is 15.5 Å². The minimum Gasteiger partial charge on any atom is -0.493 e. The summed E-state index contributed by atoms with van der Waals surface area (Å²) >= 11 is 1.62. The van der Waals surface area contributed by atoms with E-state index in [0.717, 1.165) is 12.2 Å². The summed E-state index contributed by atoms with van der Waals surface area (Å²) in [5.41, 5.74) is 0. The Morgan fingerprint density at radius 3 is 2.65 bits per heavy atom. The number of thioether (sulfide) groups is 1. The number of hydrogen-bond donors (Lipinski definition) is 2. The monoisotopic (exact) mass is 422 g/mol. The van der Waals surface area contributed by atoms with Gasteiger partial charge in [0.1, 0.15) is 5.75 Å². The third-order valence-electron chi connectivity index (χ3n) is 3.37. The Morgan fingerprint density at radius 1 is 1.35 bits per heavy atom. The first-order valence-electron chi connectivity index (χ1n) is 7.70. The average molecular weight is 423 g/mol. The summed E-state index contributed by atoms with van der Waals surface area (Å²) in [6, 6.07) is 6.30. The molecule has 1 aromatic heterocycles. The predicted molar refractivity (Wildman–Crippen MR) is 103 cm³/mol. The van der Waals surface area contributed by atoms with Crippen molar-refractivity contribution >= 4 is 34.2 Å². The second-order valence-corrected chi connectivity index (χ2v) is 8.08. The summed E-state index contributed by atoms with van der Waals surface area (Å²) in [6.07, 6.45) is 0.724. The average Bonchev–Trinajstić information content (AvgIpc) is 3.01. The van der Waals surface area contributed by atoms with E-state index in [2.05, 4.69) is 22.4 Å². The largest absolute Gasteiger partial charge is 0.493 e. The van der Waals surface area contributed by atoms with Crippen molar-refractivity contribution in [2.24, 2.45) is 5.14 Å². The zero-order valence-electron chi connectivity index (χ0n) is 14.5. The lowest BCUT2D eigenvalue weighted by Crippen LogP contribution is -2.24. The van der Waals surface area contributed by atoms with Crippen molar-refractivity contribution < 1.29 is 17.7 Å². The number of hydrogen-bond acceptors (Lipinski definition) is 8. The van der Waals surface area contributed by atoms with Crippen LogP contribution in [-0.4, -0.2) is 44.0 Å². The first-order chi connectivity index (χ1) is 11.9. The molecular weight excluding hydrogens is 400 g/mol. The number of ether oxygens (including phenoxy) is 1. The summed E-state index contributed by atoms with van der Waals surface area (Å²) in [6.45, 7) is 2.54. The number of nitrogens with zero attached hydrogens (tertiary/aromatic N) is 2. The van der Waals surface area contributed by atoms with Gasteiger partial charge in [-0.3, -0.25) is 0 Å². The number of likely N-dealkylation sites (N-methyl/N-ethyl adjacent to an activating group) is 1. The van der Waals surface area contributed by atoms with E-state index >= 15 is 0 Å². The lowest BCUT2D eigenvalue weighted by Gasteiger charge is -2.06. The van der Waals surface area contributed by atoms with Crippen molar-refractivity contribution in [3.8, 4) is 5.75 Å². The van der Waals surface area contributed by atoms with Gasteiger partial charge < -0.3 is 14.6 Å². The molecule has 146 valence electrons. The molecule has 26 heavy (non-hydrogen) atoms. The zero-order chi connectivity index (χ0) is 18.3. The van der Waals surface area contributed by atoms with E-state index in [1.54, 1.807) is 23.9 Å². The molecule has 2 aromatic rings. The maximum absolute atomic E-state index is 11.2. The Bertz CT molecular complexity index is 768. The highest BCUT2D eigenvalue weighted by Gasteiger charge is 2.10. The van der Waals surface area contributed by atoms with Gasteiger partial charge in [-0.15, -0.1) is 24.2 Å². The van der Waals surface area contributed by atoms with Gasteiger partial charge in [0.25, 0.3) is 0 Å². The van der Waals surface area contributed by atoms with Gasteiger partial charge in [0.15, 0.2) is 5.82 Å². The molecule has 0 amide bonds. The Labute approximate surface area is 163 Å². The van der Waals surface area contributed by atoms with E-state index in [9.17, 15) is 8.42 Å². The van der Waals surface area contributed by atoms with E-state index in [4.69, 9.17) is 14.4 Å². The molecule has 1 aromatic carbocycles. The number of sulfonamides is 1. The summed E-state index contributed by atoms with van der Waals surface area (Å²) in [5, 5.41) is 12.1. The van der Waals surface area contributed by atoms with Crippen molar-refractivity contribution in [2.45, 2.75) is 30.0 Å². The van der Waals surface area contributed by atoms with Crippen LogP contribution in [0.15, 0.2) is 33.7 Å². The van der Waals surface area contributed by atoms with E-state index in [1.165, 1.54) is 12.1 Å². The number of nitrogens with two attached hydrogens (primary N) is 1. The number of halogens is 1. The molecule has 2 rings (SSSR count). The maximum atomic E-state index is 11.2. The van der Waals surface area contributed by atoms with Crippen molar-refractivity contribution in [1.29, 1.82) is 0 Å². The molecule has 3 N–H and O–H groups in total. The number of rotatable bonds is 10. The van der Waals surface area contributed by atoms with Gasteiger partial charge in [-0.25, -0.2) is 13.6 Å². The molecule has 0 saturated heterocycles. The van der Waals surface area contributed by atoms with Gasteiger partial charge in [0.2, 0.25) is 15.9 Å². The van der Waals surface area contributed by atoms with E-state index in [1.807, 2.05) is 7.05 Å². The molecular formula is C15H23ClN4O4S2. The zero-order valence-corrected chi connectivity index (χ0v) is 17.0. The highest BCUT2D eigenvalue weighted by Crippen LogP contribution is 2.16. The lowest BCUT2D eigenvalue weighted by molar-refractivity contribution is 0.343. The van der Waals surface area contributed by atoms with Crippen LogP contribution in [0.4, 0.5) is 0 Å². The Hall–Kier alpha value is -1.33. The molecule has 0 radical (unpaired) electrons. The predicted octanol–water partition coefficient (Wildman–Crippen LogP) is 1.60. The third kappa shape index (κ3) is 7.50. The summed E-state index contributed by atoms with van der Waals surface area (Å²) in [5.74, 6) is 3.24. The van der Waals surface area contributed by atoms with Gasteiger partial charge in [-0.2, -0.15) is 4.98 Å². The molecule has 0 aliphatic carbocycles. The molecule has 0 saturated carbocycles. The fourth-order valence-corrected chi connectivity index (χ4v) is 3.06. The van der Waals surface area contributed by atoms with E-state index in [0.29, 0.717) is 35.9 Å². The molecule has 0 aliphatic rings. The first kappa shape index (κ1) is 22.7. The minimum atomic E-state index is -3.67. The van der Waals surface area contributed by atoms with Gasteiger partial charge in [0, 0.05) is 18.2 Å². The third-order valence-corrected chi connectivity index (χ3v) is 5.20. The fraction of sp³-hybridized carbons (Fsp3) is 0.467. The van der Waals surface area contributed by atoms with Crippen LogP contribution in [-0.2, 0) is 22.2 Å². The second-order valence-electron chi connectivity index (χ2n) is 5.42. The van der Waals surface area contributed by atoms with E-state index in [-0.39, 0.29) is 17.3 Å². The molecule has 0 aliphatic heterocycles. The molecule has 1 heterocycles. The molecule has 1 unspecified atom stereocenters.